The van der Waals surface area contributed by atoms with Crippen LogP contribution in [0.1, 0.15) is 24.8 Å². The Kier molecular flexibility index (Phi) is 4.84. The predicted octanol–water partition coefficient (Wildman–Crippen LogP) is 1.35. The molecule has 0 unspecified atom stereocenters. The van der Waals surface area contributed by atoms with Crippen LogP contribution in [-0.4, -0.2) is 38.6 Å². The Bertz CT molecular complexity index is 503. The Labute approximate surface area is 126 Å². The first kappa shape index (κ1) is 14.5. The highest BCUT2D eigenvalue weighted by atomic mass is 16.5. The number of benzene rings is 1. The second-order valence-electron chi connectivity index (χ2n) is 6.10. The van der Waals surface area contributed by atoms with Gasteiger partial charge in [-0.2, -0.15) is 0 Å². The number of nitrogens with one attached hydrogen (secondary N) is 1. The van der Waals surface area contributed by atoms with E-state index >= 15 is 0 Å². The van der Waals surface area contributed by atoms with E-state index < -0.39 is 0 Å². The molecule has 0 bridgehead atoms. The molecule has 1 aromatic carbocycles. The van der Waals surface area contributed by atoms with Crippen LogP contribution in [0.2, 0.25) is 0 Å². The van der Waals surface area contributed by atoms with Gasteiger partial charge in [-0.25, -0.2) is 0 Å². The van der Waals surface area contributed by atoms with E-state index in [0.29, 0.717) is 5.78 Å². The van der Waals surface area contributed by atoms with Crippen LogP contribution in [0.25, 0.3) is 6.08 Å². The van der Waals surface area contributed by atoms with Crippen molar-refractivity contribution in [3.8, 4) is 0 Å². The van der Waals surface area contributed by atoms with Gasteiger partial charge < -0.3 is 9.64 Å². The third-order valence-electron chi connectivity index (χ3n) is 4.56. The lowest BCUT2D eigenvalue weighted by molar-refractivity contribution is -0.910. The molecule has 1 aromatic rings. The number of carbonyl (C=O) groups excluding carboxylic acids is 1. The summed E-state index contributed by atoms with van der Waals surface area (Å²) in [5.74, 6) is 0.589. The van der Waals surface area contributed by atoms with Crippen molar-refractivity contribution in [2.45, 2.75) is 19.3 Å². The van der Waals surface area contributed by atoms with Gasteiger partial charge in [0, 0.05) is 0 Å². The van der Waals surface area contributed by atoms with Crippen LogP contribution in [0.5, 0.6) is 0 Å². The Morgan fingerprint density at radius 2 is 1.95 bits per heavy atom. The van der Waals surface area contributed by atoms with Gasteiger partial charge in [-0.05, 0) is 36.5 Å². The molecule has 0 spiro atoms. The molecule has 1 saturated heterocycles. The molecule has 0 aromatic heterocycles. The third-order valence-corrected chi connectivity index (χ3v) is 4.56. The maximum absolute atomic E-state index is 12.7. The highest BCUT2D eigenvalue weighted by molar-refractivity contribution is 6.01. The van der Waals surface area contributed by atoms with Crippen molar-refractivity contribution < 1.29 is 14.4 Å². The zero-order valence-electron chi connectivity index (χ0n) is 12.5. The first-order valence-electron chi connectivity index (χ1n) is 8.04. The Morgan fingerprint density at radius 3 is 2.71 bits per heavy atom. The minimum atomic E-state index is 0.210. The van der Waals surface area contributed by atoms with Gasteiger partial charge in [0.25, 0.3) is 0 Å². The van der Waals surface area contributed by atoms with Gasteiger partial charge in [0.05, 0.1) is 25.7 Å². The molecular weight excluding hydrogens is 262 g/mol. The molecule has 1 saturated carbocycles. The number of carbonyl (C=O) groups is 1. The Hall–Kier alpha value is -1.45. The molecule has 1 aliphatic heterocycles. The van der Waals surface area contributed by atoms with E-state index in [1.165, 1.54) is 4.90 Å². The summed E-state index contributed by atoms with van der Waals surface area (Å²) >= 11 is 0. The SMILES string of the molecule is O=C1/C(=C/c2ccccc2)CCC[C@H]1C[NH+]1CCOCC1. The molecule has 1 N–H and O–H groups in total. The summed E-state index contributed by atoms with van der Waals surface area (Å²) < 4.78 is 5.40. The molecule has 2 aliphatic rings. The summed E-state index contributed by atoms with van der Waals surface area (Å²) in [4.78, 5) is 14.2. The number of morpholine rings is 1. The van der Waals surface area contributed by atoms with Crippen molar-refractivity contribution >= 4 is 11.9 Å². The second-order valence-corrected chi connectivity index (χ2v) is 6.10. The van der Waals surface area contributed by atoms with E-state index in [4.69, 9.17) is 4.74 Å². The quantitative estimate of drug-likeness (QED) is 0.851. The van der Waals surface area contributed by atoms with Crippen molar-refractivity contribution in [2.75, 3.05) is 32.8 Å². The summed E-state index contributed by atoms with van der Waals surface area (Å²) in [5, 5.41) is 0. The molecule has 0 amide bonds. The van der Waals surface area contributed by atoms with Gasteiger partial charge >= 0.3 is 0 Å². The maximum atomic E-state index is 12.7. The van der Waals surface area contributed by atoms with E-state index in [2.05, 4.69) is 18.2 Å². The fourth-order valence-electron chi connectivity index (χ4n) is 3.36. The first-order chi connectivity index (χ1) is 10.3. The molecular formula is C18H24NO2+. The maximum Gasteiger partial charge on any atom is 0.167 e. The minimum absolute atomic E-state index is 0.210. The van der Waals surface area contributed by atoms with Gasteiger partial charge in [-0.3, -0.25) is 4.79 Å². The normalized spacial score (nSPS) is 26.2. The summed E-state index contributed by atoms with van der Waals surface area (Å²) in [7, 11) is 0. The zero-order valence-corrected chi connectivity index (χ0v) is 12.5. The summed E-state index contributed by atoms with van der Waals surface area (Å²) in [6, 6.07) is 10.2. The second kappa shape index (κ2) is 7.01. The van der Waals surface area contributed by atoms with Crippen molar-refractivity contribution in [1.82, 2.24) is 0 Å². The van der Waals surface area contributed by atoms with Crippen molar-refractivity contribution in [2.24, 2.45) is 5.92 Å². The zero-order chi connectivity index (χ0) is 14.5. The molecule has 0 radical (unpaired) electrons. The van der Waals surface area contributed by atoms with E-state index in [9.17, 15) is 4.79 Å². The fourth-order valence-corrected chi connectivity index (χ4v) is 3.36. The lowest BCUT2D eigenvalue weighted by Gasteiger charge is -2.29. The number of hydrogen-bond acceptors (Lipinski definition) is 2. The van der Waals surface area contributed by atoms with Crippen LogP contribution in [-0.2, 0) is 9.53 Å². The van der Waals surface area contributed by atoms with E-state index in [0.717, 1.165) is 63.2 Å². The van der Waals surface area contributed by atoms with Gasteiger partial charge in [-0.15, -0.1) is 0 Å². The van der Waals surface area contributed by atoms with Gasteiger partial charge in [0.1, 0.15) is 13.1 Å². The minimum Gasteiger partial charge on any atom is -0.370 e. The molecule has 3 rings (SSSR count). The van der Waals surface area contributed by atoms with E-state index in [-0.39, 0.29) is 5.92 Å². The van der Waals surface area contributed by atoms with E-state index in [1.807, 2.05) is 18.2 Å². The first-order valence-corrected chi connectivity index (χ1v) is 8.04. The monoisotopic (exact) mass is 286 g/mol. The van der Waals surface area contributed by atoms with Crippen molar-refractivity contribution in [3.63, 3.8) is 0 Å². The number of rotatable bonds is 3. The van der Waals surface area contributed by atoms with Crippen molar-refractivity contribution in [1.29, 1.82) is 0 Å². The van der Waals surface area contributed by atoms with Gasteiger partial charge in [0.15, 0.2) is 5.78 Å². The number of quaternary nitrogens is 1. The topological polar surface area (TPSA) is 30.7 Å². The third kappa shape index (κ3) is 3.80. The number of allylic oxidation sites excluding steroid dienone is 1. The van der Waals surface area contributed by atoms with Crippen LogP contribution >= 0.6 is 0 Å². The fraction of sp³-hybridized carbons (Fsp3) is 0.500. The average Bonchev–Trinajstić information content (AvgIpc) is 2.53. The number of ketones is 1. The standard InChI is InChI=1S/C18H23NO2/c20-18-16(13-15-5-2-1-3-6-15)7-4-8-17(18)14-19-9-11-21-12-10-19/h1-3,5-6,13,17H,4,7-12,14H2/p+1/b16-13+/t17-/m0/s1. The number of hydrogen-bond donors (Lipinski definition) is 1. The summed E-state index contributed by atoms with van der Waals surface area (Å²) in [5.41, 5.74) is 2.16. The number of ether oxygens (including phenoxy) is 1. The molecule has 112 valence electrons. The molecule has 3 nitrogen and oxygen atoms in total. The van der Waals surface area contributed by atoms with Crippen LogP contribution in [0.15, 0.2) is 35.9 Å². The lowest BCUT2D eigenvalue weighted by Crippen LogP contribution is -3.14. The van der Waals surface area contributed by atoms with Gasteiger partial charge in [0.2, 0.25) is 0 Å². The highest BCUT2D eigenvalue weighted by Crippen LogP contribution is 2.26. The van der Waals surface area contributed by atoms with Crippen molar-refractivity contribution in [3.05, 3.63) is 41.5 Å². The predicted molar refractivity (Wildman–Crippen MR) is 83.1 cm³/mol. The summed E-state index contributed by atoms with van der Waals surface area (Å²) in [6.45, 7) is 4.74. The molecule has 2 fully saturated rings. The smallest absolute Gasteiger partial charge is 0.167 e. The van der Waals surface area contributed by atoms with Crippen LogP contribution in [0, 0.1) is 5.92 Å². The highest BCUT2D eigenvalue weighted by Gasteiger charge is 2.30. The molecule has 1 aliphatic carbocycles. The Morgan fingerprint density at radius 1 is 1.19 bits per heavy atom. The molecule has 1 atom stereocenters. The van der Waals surface area contributed by atoms with Crippen LogP contribution in [0.4, 0.5) is 0 Å². The summed E-state index contributed by atoms with van der Waals surface area (Å²) in [6.07, 6.45) is 5.21. The van der Waals surface area contributed by atoms with Crippen LogP contribution in [0.3, 0.4) is 0 Å². The number of Topliss-reactive ketones (excluding diaryl/α,β-unsaturated/α-hetero) is 1. The van der Waals surface area contributed by atoms with Crippen LogP contribution < -0.4 is 4.90 Å². The van der Waals surface area contributed by atoms with E-state index in [1.54, 1.807) is 0 Å². The Balaban J connectivity index is 1.67. The largest absolute Gasteiger partial charge is 0.370 e. The molecule has 1 heterocycles. The lowest BCUT2D eigenvalue weighted by atomic mass is 9.83. The molecule has 21 heavy (non-hydrogen) atoms. The molecule has 3 heteroatoms. The van der Waals surface area contributed by atoms with Gasteiger partial charge in [-0.1, -0.05) is 30.3 Å². The average molecular weight is 286 g/mol.